The summed E-state index contributed by atoms with van der Waals surface area (Å²) >= 11 is 0. The molecule has 2 rings (SSSR count). The number of aromatic nitrogens is 2. The predicted molar refractivity (Wildman–Crippen MR) is 95.4 cm³/mol. The highest BCUT2D eigenvalue weighted by Gasteiger charge is 2.22. The quantitative estimate of drug-likeness (QED) is 0.781. The van der Waals surface area contributed by atoms with Crippen LogP contribution in [-0.4, -0.2) is 34.1 Å². The Morgan fingerprint density at radius 1 is 1.28 bits per heavy atom. The molecule has 2 aromatic rings. The van der Waals surface area contributed by atoms with Crippen LogP contribution in [0.3, 0.4) is 0 Å². The lowest BCUT2D eigenvalue weighted by Crippen LogP contribution is -2.52. The van der Waals surface area contributed by atoms with Crippen molar-refractivity contribution in [1.82, 2.24) is 15.0 Å². The van der Waals surface area contributed by atoms with Crippen LogP contribution in [-0.2, 0) is 6.42 Å². The summed E-state index contributed by atoms with van der Waals surface area (Å²) in [6, 6.07) is 12.9. The Morgan fingerprint density at radius 3 is 2.60 bits per heavy atom. The third-order valence-electron chi connectivity index (χ3n) is 3.54. The summed E-state index contributed by atoms with van der Waals surface area (Å²) in [4.78, 5) is 20.2. The molecule has 2 amide bonds. The van der Waals surface area contributed by atoms with Crippen LogP contribution >= 0.6 is 0 Å². The number of benzene rings is 1. The fourth-order valence-corrected chi connectivity index (χ4v) is 2.44. The van der Waals surface area contributed by atoms with Crippen molar-refractivity contribution in [3.8, 4) is 6.07 Å². The van der Waals surface area contributed by atoms with Gasteiger partial charge < -0.3 is 5.73 Å². The molecule has 1 aromatic carbocycles. The average Bonchev–Trinajstić information content (AvgIpc) is 2.61. The van der Waals surface area contributed by atoms with Gasteiger partial charge in [-0.1, -0.05) is 44.2 Å². The number of nitrogens with zero attached hydrogens (tertiary/aromatic N) is 5. The van der Waals surface area contributed by atoms with E-state index in [1.807, 2.05) is 50.2 Å². The maximum atomic E-state index is 12.1. The molecule has 0 aliphatic carbocycles. The summed E-state index contributed by atoms with van der Waals surface area (Å²) in [6.45, 7) is 5.03. The van der Waals surface area contributed by atoms with E-state index in [9.17, 15) is 4.79 Å². The smallest absolute Gasteiger partial charge is 0.333 e. The molecule has 0 bridgehead atoms. The highest BCUT2D eigenvalue weighted by molar-refractivity contribution is 5.74. The van der Waals surface area contributed by atoms with Crippen molar-refractivity contribution in [1.29, 1.82) is 5.26 Å². The second-order valence-corrected chi connectivity index (χ2v) is 6.02. The molecule has 7 heteroatoms. The maximum absolute atomic E-state index is 12.1. The minimum absolute atomic E-state index is 0.0544. The monoisotopic (exact) mass is 338 g/mol. The van der Waals surface area contributed by atoms with Crippen LogP contribution in [0.25, 0.3) is 0 Å². The third kappa shape index (κ3) is 5.18. The summed E-state index contributed by atoms with van der Waals surface area (Å²) in [5, 5.41) is 12.2. The molecule has 7 nitrogen and oxygen atoms in total. The second-order valence-electron chi connectivity index (χ2n) is 6.02. The number of carbonyl (C=O) groups is 1. The van der Waals surface area contributed by atoms with Crippen molar-refractivity contribution in [2.75, 3.05) is 18.1 Å². The Kier molecular flexibility index (Phi) is 6.29. The van der Waals surface area contributed by atoms with Crippen molar-refractivity contribution in [3.05, 3.63) is 54.0 Å². The molecule has 25 heavy (non-hydrogen) atoms. The number of anilines is 1. The number of rotatable bonds is 7. The van der Waals surface area contributed by atoms with Gasteiger partial charge in [0.1, 0.15) is 6.07 Å². The highest BCUT2D eigenvalue weighted by Crippen LogP contribution is 2.16. The summed E-state index contributed by atoms with van der Waals surface area (Å²) in [5.41, 5.74) is 6.73. The molecule has 1 heterocycles. The van der Waals surface area contributed by atoms with Crippen molar-refractivity contribution in [2.45, 2.75) is 20.3 Å². The molecule has 0 aliphatic heterocycles. The first kappa shape index (κ1) is 18.2. The van der Waals surface area contributed by atoms with Crippen LogP contribution in [0.1, 0.15) is 25.2 Å². The Morgan fingerprint density at radius 2 is 2.00 bits per heavy atom. The first-order valence-electron chi connectivity index (χ1n) is 8.12. The zero-order valence-corrected chi connectivity index (χ0v) is 14.5. The largest absolute Gasteiger partial charge is 0.350 e. The SMILES string of the molecule is CC(C)CN(c1ccnc(C#N)n1)N(CCc1ccccc1)C(N)=O. The minimum Gasteiger partial charge on any atom is -0.350 e. The molecule has 0 spiro atoms. The lowest BCUT2D eigenvalue weighted by Gasteiger charge is -2.35. The van der Waals surface area contributed by atoms with Gasteiger partial charge >= 0.3 is 6.03 Å². The standard InChI is InChI=1S/C18H22N6O/c1-14(2)13-24(17-8-10-21-16(12-19)22-17)23(18(20)25)11-9-15-6-4-3-5-7-15/h3-8,10,14H,9,11,13H2,1-2H3,(H2,20,25). The van der Waals surface area contributed by atoms with Crippen LogP contribution in [0.15, 0.2) is 42.6 Å². The first-order valence-corrected chi connectivity index (χ1v) is 8.12. The van der Waals surface area contributed by atoms with Crippen LogP contribution in [0.5, 0.6) is 0 Å². The van der Waals surface area contributed by atoms with Gasteiger partial charge in [-0.25, -0.2) is 14.8 Å². The van der Waals surface area contributed by atoms with Crippen LogP contribution in [0, 0.1) is 17.2 Å². The molecule has 2 N–H and O–H groups in total. The normalized spacial score (nSPS) is 10.3. The van der Waals surface area contributed by atoms with Gasteiger partial charge in [0.05, 0.1) is 0 Å². The second kappa shape index (κ2) is 8.64. The molecule has 1 aromatic heterocycles. The van der Waals surface area contributed by atoms with E-state index < -0.39 is 6.03 Å². The van der Waals surface area contributed by atoms with Crippen molar-refractivity contribution in [3.63, 3.8) is 0 Å². The molecular weight excluding hydrogens is 316 g/mol. The van der Waals surface area contributed by atoms with Crippen LogP contribution in [0.4, 0.5) is 10.6 Å². The summed E-state index contributed by atoms with van der Waals surface area (Å²) in [5.74, 6) is 0.796. The zero-order chi connectivity index (χ0) is 18.2. The zero-order valence-electron chi connectivity index (χ0n) is 14.5. The topological polar surface area (TPSA) is 99.1 Å². The predicted octanol–water partition coefficient (Wildman–Crippen LogP) is 2.35. The van der Waals surface area contributed by atoms with Gasteiger partial charge in [0.25, 0.3) is 0 Å². The summed E-state index contributed by atoms with van der Waals surface area (Å²) in [7, 11) is 0. The lowest BCUT2D eigenvalue weighted by molar-refractivity contribution is 0.199. The van der Waals surface area contributed by atoms with Gasteiger partial charge in [0, 0.05) is 25.4 Å². The molecule has 0 atom stereocenters. The first-order chi connectivity index (χ1) is 12.0. The third-order valence-corrected chi connectivity index (χ3v) is 3.54. The molecule has 0 saturated carbocycles. The fraction of sp³-hybridized carbons (Fsp3) is 0.333. The van der Waals surface area contributed by atoms with Gasteiger partial charge in [-0.05, 0) is 17.9 Å². The highest BCUT2D eigenvalue weighted by atomic mass is 16.2. The molecule has 0 fully saturated rings. The van der Waals surface area contributed by atoms with Gasteiger partial charge in [-0.2, -0.15) is 10.2 Å². The average molecular weight is 338 g/mol. The van der Waals surface area contributed by atoms with Crippen LogP contribution in [0.2, 0.25) is 0 Å². The van der Waals surface area contributed by atoms with Gasteiger partial charge in [-0.3, -0.25) is 5.01 Å². The van der Waals surface area contributed by atoms with Crippen LogP contribution < -0.4 is 10.7 Å². The van der Waals surface area contributed by atoms with Crippen molar-refractivity contribution < 1.29 is 4.79 Å². The van der Waals surface area contributed by atoms with E-state index in [-0.39, 0.29) is 11.7 Å². The molecule has 0 unspecified atom stereocenters. The number of carbonyl (C=O) groups excluding carboxylic acids is 1. The van der Waals surface area contributed by atoms with Gasteiger partial charge in [0.2, 0.25) is 5.82 Å². The van der Waals surface area contributed by atoms with E-state index in [2.05, 4.69) is 9.97 Å². The number of nitrogens with two attached hydrogens (primary N) is 1. The molecule has 130 valence electrons. The van der Waals surface area contributed by atoms with E-state index in [1.54, 1.807) is 11.1 Å². The van der Waals surface area contributed by atoms with Crippen molar-refractivity contribution >= 4 is 11.8 Å². The number of amides is 2. The number of urea groups is 1. The maximum Gasteiger partial charge on any atom is 0.333 e. The van der Waals surface area contributed by atoms with E-state index in [4.69, 9.17) is 11.0 Å². The summed E-state index contributed by atoms with van der Waals surface area (Å²) in [6.07, 6.45) is 2.17. The molecule has 0 aliphatic rings. The van der Waals surface area contributed by atoms with E-state index in [1.165, 1.54) is 11.2 Å². The number of primary amides is 1. The van der Waals surface area contributed by atoms with Crippen molar-refractivity contribution in [2.24, 2.45) is 11.7 Å². The van der Waals surface area contributed by atoms with E-state index in [0.717, 1.165) is 5.56 Å². The number of nitriles is 1. The number of hydrogen-bond acceptors (Lipinski definition) is 5. The minimum atomic E-state index is -0.561. The Bertz CT molecular complexity index is 741. The summed E-state index contributed by atoms with van der Waals surface area (Å²) < 4.78 is 0. The van der Waals surface area contributed by atoms with E-state index in [0.29, 0.717) is 25.3 Å². The molecule has 0 radical (unpaired) electrons. The lowest BCUT2D eigenvalue weighted by atomic mass is 10.1. The van der Waals surface area contributed by atoms with Gasteiger partial charge in [-0.15, -0.1) is 0 Å². The molecule has 0 saturated heterocycles. The Hall–Kier alpha value is -3.14. The Labute approximate surface area is 147 Å². The van der Waals surface area contributed by atoms with E-state index >= 15 is 0 Å². The fourth-order valence-electron chi connectivity index (χ4n) is 2.44. The number of hydrazine groups is 1. The number of hydrogen-bond donors (Lipinski definition) is 1. The molecular formula is C18H22N6O. The Balaban J connectivity index is 2.27. The van der Waals surface area contributed by atoms with Gasteiger partial charge in [0.15, 0.2) is 5.82 Å².